The lowest BCUT2D eigenvalue weighted by Crippen LogP contribution is -2.39. The fourth-order valence-corrected chi connectivity index (χ4v) is 3.40. The van der Waals surface area contributed by atoms with Gasteiger partial charge in [0, 0.05) is 24.5 Å². The van der Waals surface area contributed by atoms with Gasteiger partial charge in [-0.25, -0.2) is 0 Å². The first-order valence-electron chi connectivity index (χ1n) is 7.64. The van der Waals surface area contributed by atoms with Crippen molar-refractivity contribution in [2.75, 3.05) is 6.54 Å². The summed E-state index contributed by atoms with van der Waals surface area (Å²) in [7, 11) is 0. The molecule has 1 fully saturated rings. The molecule has 3 atom stereocenters. The van der Waals surface area contributed by atoms with E-state index in [1.54, 1.807) is 0 Å². The number of nitrogens with zero attached hydrogens (tertiary/aromatic N) is 2. The molecule has 2 aromatic rings. The van der Waals surface area contributed by atoms with Gasteiger partial charge in [0.25, 0.3) is 0 Å². The van der Waals surface area contributed by atoms with Crippen LogP contribution >= 0.6 is 0 Å². The Bertz CT molecular complexity index is 579. The predicted molar refractivity (Wildman–Crippen MR) is 82.8 cm³/mol. The summed E-state index contributed by atoms with van der Waals surface area (Å²) < 4.78 is 5.87. The molecule has 2 N–H and O–H groups in total. The number of rotatable bonds is 4. The predicted octanol–water partition coefficient (Wildman–Crippen LogP) is 3.21. The van der Waals surface area contributed by atoms with Crippen molar-refractivity contribution in [2.24, 2.45) is 5.73 Å². The number of hydrogen-bond donors (Lipinski definition) is 1. The highest BCUT2D eigenvalue weighted by Crippen LogP contribution is 2.39. The van der Waals surface area contributed by atoms with E-state index in [0.717, 1.165) is 24.5 Å². The van der Waals surface area contributed by atoms with Crippen LogP contribution in [0.4, 0.5) is 0 Å². The van der Waals surface area contributed by atoms with Crippen molar-refractivity contribution in [1.29, 1.82) is 0 Å². The summed E-state index contributed by atoms with van der Waals surface area (Å²) in [5, 5.41) is 0. The molecule has 21 heavy (non-hydrogen) atoms. The number of pyridine rings is 1. The Morgan fingerprint density at radius 3 is 2.67 bits per heavy atom. The van der Waals surface area contributed by atoms with Crippen molar-refractivity contribution >= 4 is 0 Å². The molecule has 3 rings (SSSR count). The van der Waals surface area contributed by atoms with Crippen LogP contribution < -0.4 is 5.73 Å². The van der Waals surface area contributed by atoms with Gasteiger partial charge in [-0.3, -0.25) is 9.88 Å². The molecule has 1 aliphatic heterocycles. The van der Waals surface area contributed by atoms with Crippen LogP contribution in [0.5, 0.6) is 0 Å². The largest absolute Gasteiger partial charge is 0.465 e. The fourth-order valence-electron chi connectivity index (χ4n) is 3.40. The average Bonchev–Trinajstić information content (AvgIpc) is 3.10. The summed E-state index contributed by atoms with van der Waals surface area (Å²) in [5.41, 5.74) is 7.60. The lowest BCUT2D eigenvalue weighted by molar-refractivity contribution is 0.139. The highest BCUT2D eigenvalue weighted by Gasteiger charge is 2.35. The maximum Gasteiger partial charge on any atom is 0.122 e. The lowest BCUT2D eigenvalue weighted by Gasteiger charge is -2.34. The van der Waals surface area contributed by atoms with Gasteiger partial charge >= 0.3 is 0 Å². The van der Waals surface area contributed by atoms with Crippen molar-refractivity contribution < 1.29 is 4.42 Å². The van der Waals surface area contributed by atoms with Crippen LogP contribution in [-0.4, -0.2) is 22.5 Å². The molecule has 0 aromatic carbocycles. The summed E-state index contributed by atoms with van der Waals surface area (Å²) in [6.07, 6.45) is 6.08. The highest BCUT2D eigenvalue weighted by atomic mass is 16.3. The third kappa shape index (κ3) is 2.87. The van der Waals surface area contributed by atoms with Crippen LogP contribution in [0.2, 0.25) is 0 Å². The molecular weight excluding hydrogens is 262 g/mol. The Hall–Kier alpha value is -1.65. The Morgan fingerprint density at radius 1 is 1.29 bits per heavy atom. The molecule has 112 valence electrons. The number of nitrogens with two attached hydrogens (primary N) is 1. The van der Waals surface area contributed by atoms with Crippen molar-refractivity contribution in [3.05, 3.63) is 53.7 Å². The van der Waals surface area contributed by atoms with E-state index < -0.39 is 0 Å². The second-order valence-corrected chi connectivity index (χ2v) is 5.93. The van der Waals surface area contributed by atoms with Gasteiger partial charge in [-0.2, -0.15) is 0 Å². The minimum absolute atomic E-state index is 0.0259. The smallest absolute Gasteiger partial charge is 0.122 e. The van der Waals surface area contributed by atoms with E-state index in [9.17, 15) is 0 Å². The van der Waals surface area contributed by atoms with E-state index >= 15 is 0 Å². The molecule has 4 heteroatoms. The number of aromatic nitrogens is 1. The van der Waals surface area contributed by atoms with E-state index in [1.165, 1.54) is 12.0 Å². The van der Waals surface area contributed by atoms with Gasteiger partial charge < -0.3 is 10.2 Å². The fraction of sp³-hybridized carbons (Fsp3) is 0.471. The highest BCUT2D eigenvalue weighted by molar-refractivity contribution is 5.19. The molecule has 0 saturated carbocycles. The second-order valence-electron chi connectivity index (χ2n) is 5.93. The normalized spacial score (nSPS) is 22.3. The van der Waals surface area contributed by atoms with Crippen LogP contribution in [0.15, 0.2) is 41.1 Å². The van der Waals surface area contributed by atoms with Gasteiger partial charge in [0.15, 0.2) is 0 Å². The first-order valence-corrected chi connectivity index (χ1v) is 7.64. The molecule has 4 nitrogen and oxygen atoms in total. The zero-order valence-corrected chi connectivity index (χ0v) is 12.7. The van der Waals surface area contributed by atoms with E-state index in [4.69, 9.17) is 10.2 Å². The summed E-state index contributed by atoms with van der Waals surface area (Å²) in [6, 6.07) is 8.84. The minimum Gasteiger partial charge on any atom is -0.465 e. The van der Waals surface area contributed by atoms with Gasteiger partial charge in [-0.05, 0) is 63.1 Å². The maximum absolute atomic E-state index is 6.28. The molecule has 0 amide bonds. The molecule has 3 heterocycles. The quantitative estimate of drug-likeness (QED) is 0.937. The summed E-state index contributed by atoms with van der Waals surface area (Å²) in [6.45, 7) is 5.09. The molecule has 0 bridgehead atoms. The SMILES string of the molecule is Cc1ccc(C(C(C)N)N2CCCC2c2ccncc2)o1. The molecule has 0 radical (unpaired) electrons. The van der Waals surface area contributed by atoms with E-state index in [-0.39, 0.29) is 12.1 Å². The molecule has 0 spiro atoms. The zero-order chi connectivity index (χ0) is 14.8. The second kappa shape index (κ2) is 6.00. The summed E-state index contributed by atoms with van der Waals surface area (Å²) in [4.78, 5) is 6.61. The van der Waals surface area contributed by atoms with E-state index in [2.05, 4.69) is 35.0 Å². The molecule has 2 aromatic heterocycles. The van der Waals surface area contributed by atoms with Crippen LogP contribution in [0.25, 0.3) is 0 Å². The average molecular weight is 285 g/mol. The summed E-state index contributed by atoms with van der Waals surface area (Å²) in [5.74, 6) is 1.92. The summed E-state index contributed by atoms with van der Waals surface area (Å²) >= 11 is 0. The monoisotopic (exact) mass is 285 g/mol. The minimum atomic E-state index is 0.0259. The van der Waals surface area contributed by atoms with Crippen molar-refractivity contribution in [1.82, 2.24) is 9.88 Å². The number of hydrogen-bond acceptors (Lipinski definition) is 4. The molecular formula is C17H23N3O. The Kier molecular flexibility index (Phi) is 4.08. The molecule has 1 saturated heterocycles. The van der Waals surface area contributed by atoms with Gasteiger partial charge in [0.1, 0.15) is 11.5 Å². The number of likely N-dealkylation sites (tertiary alicyclic amines) is 1. The first kappa shape index (κ1) is 14.3. The van der Waals surface area contributed by atoms with E-state index in [1.807, 2.05) is 25.4 Å². The Labute approximate surface area is 126 Å². The van der Waals surface area contributed by atoms with Gasteiger partial charge in [0.05, 0.1) is 6.04 Å². The number of furan rings is 1. The van der Waals surface area contributed by atoms with Gasteiger partial charge in [-0.1, -0.05) is 0 Å². The topological polar surface area (TPSA) is 55.3 Å². The van der Waals surface area contributed by atoms with E-state index in [0.29, 0.717) is 6.04 Å². The van der Waals surface area contributed by atoms with Crippen LogP contribution in [0, 0.1) is 6.92 Å². The van der Waals surface area contributed by atoms with Crippen LogP contribution in [0.3, 0.4) is 0 Å². The van der Waals surface area contributed by atoms with Crippen molar-refractivity contribution in [3.8, 4) is 0 Å². The third-order valence-corrected chi connectivity index (χ3v) is 4.29. The van der Waals surface area contributed by atoms with Crippen molar-refractivity contribution in [2.45, 2.75) is 44.8 Å². The van der Waals surface area contributed by atoms with Crippen molar-refractivity contribution in [3.63, 3.8) is 0 Å². The first-order chi connectivity index (χ1) is 10.2. The third-order valence-electron chi connectivity index (χ3n) is 4.29. The van der Waals surface area contributed by atoms with Crippen LogP contribution in [-0.2, 0) is 0 Å². The maximum atomic E-state index is 6.28. The Balaban J connectivity index is 1.91. The Morgan fingerprint density at radius 2 is 2.05 bits per heavy atom. The lowest BCUT2D eigenvalue weighted by atomic mass is 10.0. The molecule has 3 unspecified atom stereocenters. The van der Waals surface area contributed by atoms with Crippen LogP contribution in [0.1, 0.15) is 48.9 Å². The molecule has 0 aliphatic carbocycles. The molecule has 1 aliphatic rings. The number of aryl methyl sites for hydroxylation is 1. The van der Waals surface area contributed by atoms with Gasteiger partial charge in [-0.15, -0.1) is 0 Å². The zero-order valence-electron chi connectivity index (χ0n) is 12.7. The van der Waals surface area contributed by atoms with Gasteiger partial charge in [0.2, 0.25) is 0 Å². The standard InChI is InChI=1S/C17H23N3O/c1-12-5-6-16(21-12)17(13(2)18)20-11-3-4-15(20)14-7-9-19-10-8-14/h5-10,13,15,17H,3-4,11,18H2,1-2H3.